The van der Waals surface area contributed by atoms with E-state index in [-0.39, 0.29) is 5.43 Å². The number of rotatable bonds is 0. The molecule has 1 aliphatic heterocycles. The molecule has 16 heavy (non-hydrogen) atoms. The van der Waals surface area contributed by atoms with Crippen LogP contribution in [0.4, 0.5) is 16.4 Å². The standard InChI is InChI=1S/C12H8N2OS/c15-10-5-6-16-12-11(10)13-7-8-3-1-2-4-9(8)14-12/h1-7,14H. The molecule has 2 aromatic rings. The third-order valence-corrected chi connectivity index (χ3v) is 3.20. The Hall–Kier alpha value is -1.94. The van der Waals surface area contributed by atoms with Crippen LogP contribution in [0.25, 0.3) is 0 Å². The van der Waals surface area contributed by atoms with Gasteiger partial charge in [-0.05, 0) is 17.5 Å². The van der Waals surface area contributed by atoms with Crippen LogP contribution in [0.5, 0.6) is 0 Å². The van der Waals surface area contributed by atoms with Gasteiger partial charge in [0.25, 0.3) is 0 Å². The van der Waals surface area contributed by atoms with Gasteiger partial charge in [0.1, 0.15) is 10.7 Å². The Bertz CT molecular complexity index is 631. The topological polar surface area (TPSA) is 41.5 Å². The molecule has 0 saturated heterocycles. The molecule has 1 aliphatic rings. The maximum Gasteiger partial charge on any atom is 0.207 e. The fraction of sp³-hybridized carbons (Fsp3) is 0. The van der Waals surface area contributed by atoms with Crippen molar-refractivity contribution in [2.24, 2.45) is 4.99 Å². The van der Waals surface area contributed by atoms with Crippen molar-refractivity contribution in [3.8, 4) is 0 Å². The molecule has 0 fully saturated rings. The molecule has 0 unspecified atom stereocenters. The average molecular weight is 228 g/mol. The Labute approximate surface area is 96.1 Å². The molecule has 4 heteroatoms. The number of nitrogens with zero attached hydrogens (tertiary/aromatic N) is 1. The smallest absolute Gasteiger partial charge is 0.207 e. The second-order valence-corrected chi connectivity index (χ2v) is 4.35. The molecule has 0 bridgehead atoms. The van der Waals surface area contributed by atoms with Crippen LogP contribution in [0.3, 0.4) is 0 Å². The summed E-state index contributed by atoms with van der Waals surface area (Å²) in [6.07, 6.45) is 1.72. The van der Waals surface area contributed by atoms with Crippen LogP contribution in [-0.4, -0.2) is 6.21 Å². The quantitative estimate of drug-likeness (QED) is 0.642. The Balaban J connectivity index is 2.25. The molecule has 3 nitrogen and oxygen atoms in total. The Kier molecular flexibility index (Phi) is 2.08. The summed E-state index contributed by atoms with van der Waals surface area (Å²) in [5.41, 5.74) is 2.41. The van der Waals surface area contributed by atoms with Gasteiger partial charge in [0.2, 0.25) is 5.43 Å². The summed E-state index contributed by atoms with van der Waals surface area (Å²) in [6.45, 7) is 0. The predicted octanol–water partition coefficient (Wildman–Crippen LogP) is 2.92. The highest BCUT2D eigenvalue weighted by Gasteiger charge is 2.11. The van der Waals surface area contributed by atoms with Gasteiger partial charge in [0, 0.05) is 17.5 Å². The van der Waals surface area contributed by atoms with Crippen LogP contribution >= 0.6 is 11.3 Å². The van der Waals surface area contributed by atoms with Gasteiger partial charge in [-0.3, -0.25) is 4.79 Å². The first kappa shape index (κ1) is 9.30. The van der Waals surface area contributed by atoms with Crippen LogP contribution in [0.1, 0.15) is 5.56 Å². The maximum atomic E-state index is 11.6. The van der Waals surface area contributed by atoms with E-state index >= 15 is 0 Å². The summed E-state index contributed by atoms with van der Waals surface area (Å²) in [6, 6.07) is 9.38. The fourth-order valence-corrected chi connectivity index (χ4v) is 2.36. The highest BCUT2D eigenvalue weighted by atomic mass is 32.1. The fourth-order valence-electron chi connectivity index (χ4n) is 1.60. The van der Waals surface area contributed by atoms with Gasteiger partial charge < -0.3 is 5.32 Å². The third kappa shape index (κ3) is 1.44. The number of hydrogen-bond acceptors (Lipinski definition) is 4. The number of aliphatic imine (C=N–C) groups is 1. The summed E-state index contributed by atoms with van der Waals surface area (Å²) in [7, 11) is 0. The molecule has 0 atom stereocenters. The highest BCUT2D eigenvalue weighted by Crippen LogP contribution is 2.32. The highest BCUT2D eigenvalue weighted by molar-refractivity contribution is 7.14. The molecular weight excluding hydrogens is 220 g/mol. The van der Waals surface area contributed by atoms with Crippen molar-refractivity contribution < 1.29 is 0 Å². The van der Waals surface area contributed by atoms with E-state index in [1.165, 1.54) is 11.3 Å². The minimum absolute atomic E-state index is 0.0506. The number of para-hydroxylation sites is 1. The SMILES string of the molecule is O=c1ccsc2c1N=Cc1ccccc1N2. The van der Waals surface area contributed by atoms with Crippen molar-refractivity contribution in [1.29, 1.82) is 0 Å². The summed E-state index contributed by atoms with van der Waals surface area (Å²) < 4.78 is 0. The largest absolute Gasteiger partial charge is 0.345 e. The first-order chi connectivity index (χ1) is 7.84. The minimum atomic E-state index is -0.0506. The van der Waals surface area contributed by atoms with Crippen molar-refractivity contribution in [2.75, 3.05) is 5.32 Å². The van der Waals surface area contributed by atoms with Gasteiger partial charge in [0.05, 0.1) is 0 Å². The number of anilines is 2. The van der Waals surface area contributed by atoms with Crippen LogP contribution in [-0.2, 0) is 0 Å². The van der Waals surface area contributed by atoms with Gasteiger partial charge in [-0.1, -0.05) is 18.2 Å². The van der Waals surface area contributed by atoms with Gasteiger partial charge in [0.15, 0.2) is 0 Å². The molecule has 0 aliphatic carbocycles. The van der Waals surface area contributed by atoms with Crippen molar-refractivity contribution in [3.05, 3.63) is 51.5 Å². The molecule has 0 radical (unpaired) electrons. The van der Waals surface area contributed by atoms with Crippen molar-refractivity contribution in [2.45, 2.75) is 0 Å². The molecule has 1 aromatic heterocycles. The molecule has 1 N–H and O–H groups in total. The summed E-state index contributed by atoms with van der Waals surface area (Å²) in [5, 5.41) is 5.81. The Morgan fingerprint density at radius 3 is 3.00 bits per heavy atom. The normalized spacial score (nSPS) is 12.2. The molecule has 3 rings (SSSR count). The van der Waals surface area contributed by atoms with Crippen LogP contribution in [0.15, 0.2) is 45.5 Å². The van der Waals surface area contributed by atoms with E-state index in [0.717, 1.165) is 16.3 Å². The van der Waals surface area contributed by atoms with E-state index in [9.17, 15) is 4.79 Å². The van der Waals surface area contributed by atoms with E-state index < -0.39 is 0 Å². The van der Waals surface area contributed by atoms with Crippen LogP contribution < -0.4 is 10.7 Å². The van der Waals surface area contributed by atoms with E-state index in [4.69, 9.17) is 0 Å². The molecule has 2 heterocycles. The van der Waals surface area contributed by atoms with Gasteiger partial charge in [-0.15, -0.1) is 11.3 Å². The van der Waals surface area contributed by atoms with Crippen molar-refractivity contribution >= 4 is 33.9 Å². The molecule has 0 amide bonds. The van der Waals surface area contributed by atoms with Crippen molar-refractivity contribution in [1.82, 2.24) is 0 Å². The second-order valence-electron chi connectivity index (χ2n) is 3.43. The summed E-state index contributed by atoms with van der Waals surface area (Å²) in [5.74, 6) is 0. The van der Waals surface area contributed by atoms with E-state index in [0.29, 0.717) is 5.69 Å². The lowest BCUT2D eigenvalue weighted by atomic mass is 10.2. The summed E-state index contributed by atoms with van der Waals surface area (Å²) in [4.78, 5) is 15.9. The van der Waals surface area contributed by atoms with Crippen molar-refractivity contribution in [3.63, 3.8) is 0 Å². The Morgan fingerprint density at radius 2 is 2.06 bits per heavy atom. The average Bonchev–Trinajstić information content (AvgIpc) is 2.48. The lowest BCUT2D eigenvalue weighted by molar-refractivity contribution is 1.51. The maximum absolute atomic E-state index is 11.6. The van der Waals surface area contributed by atoms with Gasteiger partial charge in [-0.25, -0.2) is 4.99 Å². The predicted molar refractivity (Wildman–Crippen MR) is 67.6 cm³/mol. The van der Waals surface area contributed by atoms with E-state index in [1.54, 1.807) is 17.7 Å². The molecule has 78 valence electrons. The van der Waals surface area contributed by atoms with E-state index in [1.807, 2.05) is 24.3 Å². The number of benzene rings is 1. The zero-order valence-corrected chi connectivity index (χ0v) is 9.12. The van der Waals surface area contributed by atoms with Gasteiger partial charge >= 0.3 is 0 Å². The number of hydrogen-bond donors (Lipinski definition) is 1. The lowest BCUT2D eigenvalue weighted by Crippen LogP contribution is -1.98. The monoisotopic (exact) mass is 228 g/mol. The van der Waals surface area contributed by atoms with Crippen LogP contribution in [0, 0.1) is 0 Å². The van der Waals surface area contributed by atoms with Crippen LogP contribution in [0.2, 0.25) is 0 Å². The molecule has 0 spiro atoms. The first-order valence-electron chi connectivity index (χ1n) is 4.86. The molecule has 0 saturated carbocycles. The number of fused-ring (bicyclic) bond motifs is 2. The second kappa shape index (κ2) is 3.57. The van der Waals surface area contributed by atoms with E-state index in [2.05, 4.69) is 10.3 Å². The first-order valence-corrected chi connectivity index (χ1v) is 5.74. The molecule has 1 aromatic carbocycles. The zero-order chi connectivity index (χ0) is 11.0. The molecular formula is C12H8N2OS. The number of nitrogens with one attached hydrogen (secondary N) is 1. The summed E-state index contributed by atoms with van der Waals surface area (Å²) >= 11 is 1.48. The minimum Gasteiger partial charge on any atom is -0.345 e. The van der Waals surface area contributed by atoms with Gasteiger partial charge in [-0.2, -0.15) is 0 Å². The lowest BCUT2D eigenvalue weighted by Gasteiger charge is -2.06. The Morgan fingerprint density at radius 1 is 1.19 bits per heavy atom. The zero-order valence-electron chi connectivity index (χ0n) is 8.31. The third-order valence-electron chi connectivity index (χ3n) is 2.40.